The third-order valence-corrected chi connectivity index (χ3v) is 9.89. The molecule has 2 N–H and O–H groups in total. The number of benzene rings is 2. The fourth-order valence-electron chi connectivity index (χ4n) is 6.84. The predicted molar refractivity (Wildman–Crippen MR) is 182 cm³/mol. The molecule has 256 valence electrons. The van der Waals surface area contributed by atoms with Crippen molar-refractivity contribution in [2.24, 2.45) is 11.8 Å². The van der Waals surface area contributed by atoms with Gasteiger partial charge in [0.1, 0.15) is 17.6 Å². The van der Waals surface area contributed by atoms with Crippen LogP contribution in [0.4, 0.5) is 10.1 Å². The van der Waals surface area contributed by atoms with E-state index in [0.717, 1.165) is 50.9 Å². The van der Waals surface area contributed by atoms with Crippen molar-refractivity contribution in [1.82, 2.24) is 24.9 Å². The van der Waals surface area contributed by atoms with Gasteiger partial charge in [-0.05, 0) is 61.7 Å². The van der Waals surface area contributed by atoms with Crippen LogP contribution in [-0.2, 0) is 14.4 Å². The molecule has 0 spiro atoms. The fourth-order valence-corrected chi connectivity index (χ4v) is 6.84. The second-order valence-corrected chi connectivity index (χ2v) is 13.1. The van der Waals surface area contributed by atoms with Gasteiger partial charge >= 0.3 is 0 Å². The SMILES string of the molecule is CCC(=O)N[C@@H](C(=O)N1CCN(C)CC1)[C@@H](C)c1ccc(NC(=O)[C@@H](CC(=O)c2ccnn2-c2ccccc2)C2CCCCC2)c(F)c1. The minimum Gasteiger partial charge on any atom is -0.344 e. The molecule has 1 aromatic heterocycles. The summed E-state index contributed by atoms with van der Waals surface area (Å²) in [5, 5.41) is 9.99. The number of rotatable bonds is 12. The number of para-hydroxylation sites is 1. The van der Waals surface area contributed by atoms with Gasteiger partial charge in [0.05, 0.1) is 17.6 Å². The number of ketones is 1. The quantitative estimate of drug-likeness (QED) is 0.259. The minimum absolute atomic E-state index is 0.00155. The van der Waals surface area contributed by atoms with E-state index in [1.807, 2.05) is 37.4 Å². The second-order valence-electron chi connectivity index (χ2n) is 13.1. The zero-order valence-electron chi connectivity index (χ0n) is 28.2. The van der Waals surface area contributed by atoms with Gasteiger partial charge in [0.2, 0.25) is 17.7 Å². The summed E-state index contributed by atoms with van der Waals surface area (Å²) < 4.78 is 17.3. The lowest BCUT2D eigenvalue weighted by atomic mass is 9.77. The number of anilines is 1. The van der Waals surface area contributed by atoms with Crippen LogP contribution in [-0.4, -0.2) is 82.4 Å². The Hall–Kier alpha value is -4.38. The van der Waals surface area contributed by atoms with Gasteiger partial charge in [-0.1, -0.05) is 57.4 Å². The van der Waals surface area contributed by atoms with Crippen molar-refractivity contribution in [3.05, 3.63) is 77.9 Å². The molecule has 0 radical (unpaired) electrons. The topological polar surface area (TPSA) is 117 Å². The number of amides is 3. The summed E-state index contributed by atoms with van der Waals surface area (Å²) in [4.78, 5) is 57.4. The van der Waals surface area contributed by atoms with Crippen LogP contribution in [0.15, 0.2) is 60.8 Å². The number of piperazine rings is 1. The number of likely N-dealkylation sites (N-methyl/N-ethyl adjacent to an activating group) is 1. The van der Waals surface area contributed by atoms with E-state index in [2.05, 4.69) is 20.6 Å². The van der Waals surface area contributed by atoms with Crippen molar-refractivity contribution in [1.29, 1.82) is 0 Å². The van der Waals surface area contributed by atoms with Gasteiger partial charge in [-0.25, -0.2) is 9.07 Å². The third kappa shape index (κ3) is 8.36. The van der Waals surface area contributed by atoms with Gasteiger partial charge in [-0.15, -0.1) is 0 Å². The Morgan fingerprint density at radius 2 is 1.67 bits per heavy atom. The lowest BCUT2D eigenvalue weighted by molar-refractivity contribution is -0.138. The average Bonchev–Trinajstić information content (AvgIpc) is 3.61. The van der Waals surface area contributed by atoms with E-state index >= 15 is 4.39 Å². The third-order valence-electron chi connectivity index (χ3n) is 9.89. The molecule has 2 heterocycles. The van der Waals surface area contributed by atoms with Gasteiger partial charge in [-0.2, -0.15) is 5.10 Å². The summed E-state index contributed by atoms with van der Waals surface area (Å²) in [6, 6.07) is 14.7. The molecule has 48 heavy (non-hydrogen) atoms. The summed E-state index contributed by atoms with van der Waals surface area (Å²) >= 11 is 0. The van der Waals surface area contributed by atoms with E-state index in [1.54, 1.807) is 41.8 Å². The van der Waals surface area contributed by atoms with Crippen LogP contribution in [0.2, 0.25) is 0 Å². The van der Waals surface area contributed by atoms with Crippen molar-refractivity contribution in [3.63, 3.8) is 0 Å². The predicted octanol–water partition coefficient (Wildman–Crippen LogP) is 5.19. The Morgan fingerprint density at radius 3 is 2.33 bits per heavy atom. The molecule has 3 amide bonds. The van der Waals surface area contributed by atoms with Crippen LogP contribution < -0.4 is 10.6 Å². The lowest BCUT2D eigenvalue weighted by Gasteiger charge is -2.36. The molecule has 2 aliphatic rings. The zero-order chi connectivity index (χ0) is 34.2. The molecular formula is C37H47FN6O4. The molecule has 1 aliphatic carbocycles. The van der Waals surface area contributed by atoms with E-state index < -0.39 is 23.7 Å². The molecule has 0 bridgehead atoms. The highest BCUT2D eigenvalue weighted by Crippen LogP contribution is 2.34. The lowest BCUT2D eigenvalue weighted by Crippen LogP contribution is -2.55. The van der Waals surface area contributed by atoms with E-state index in [0.29, 0.717) is 24.3 Å². The molecule has 2 fully saturated rings. The largest absolute Gasteiger partial charge is 0.344 e. The van der Waals surface area contributed by atoms with Gasteiger partial charge in [-0.3, -0.25) is 19.2 Å². The minimum atomic E-state index is -0.855. The zero-order valence-corrected chi connectivity index (χ0v) is 28.2. The van der Waals surface area contributed by atoms with E-state index in [-0.39, 0.29) is 48.0 Å². The van der Waals surface area contributed by atoms with Crippen molar-refractivity contribution in [3.8, 4) is 5.69 Å². The molecule has 3 aromatic rings. The molecule has 1 saturated carbocycles. The number of carbonyl (C=O) groups excluding carboxylic acids is 4. The van der Waals surface area contributed by atoms with E-state index in [4.69, 9.17) is 0 Å². The van der Waals surface area contributed by atoms with Crippen molar-refractivity contribution in [2.45, 2.75) is 70.8 Å². The van der Waals surface area contributed by atoms with Gasteiger partial charge in [0.25, 0.3) is 0 Å². The maximum atomic E-state index is 15.7. The monoisotopic (exact) mass is 658 g/mol. The molecular weight excluding hydrogens is 611 g/mol. The number of hydrogen-bond donors (Lipinski definition) is 2. The number of nitrogens with one attached hydrogen (secondary N) is 2. The Kier molecular flexibility index (Phi) is 11.8. The van der Waals surface area contributed by atoms with Crippen LogP contribution in [0.1, 0.15) is 80.8 Å². The first-order valence-corrected chi connectivity index (χ1v) is 17.2. The first kappa shape index (κ1) is 34.9. The number of hydrogen-bond acceptors (Lipinski definition) is 6. The van der Waals surface area contributed by atoms with Crippen LogP contribution in [0.3, 0.4) is 0 Å². The summed E-state index contributed by atoms with van der Waals surface area (Å²) in [5.41, 5.74) is 1.69. The highest BCUT2D eigenvalue weighted by Gasteiger charge is 2.35. The molecule has 11 heteroatoms. The second kappa shape index (κ2) is 16.1. The standard InChI is InChI=1S/C37H47FN6O4/c1-4-34(46)41-35(37(48)43-21-19-42(3)20-22-43)25(2)27-15-16-31(30(38)23-27)40-36(47)29(26-11-7-5-8-12-26)24-33(45)32-17-18-39-44(32)28-13-9-6-10-14-28/h6,9-10,13-18,23,25-26,29,35H,4-5,7-8,11-12,19-22,24H2,1-3H3,(H,40,47)(H,41,46)/t25-,29-,35+/m0/s1. The molecule has 5 rings (SSSR count). The number of carbonyl (C=O) groups is 4. The van der Waals surface area contributed by atoms with Crippen molar-refractivity contribution >= 4 is 29.2 Å². The molecule has 1 saturated heterocycles. The first-order valence-electron chi connectivity index (χ1n) is 17.2. The van der Waals surface area contributed by atoms with Crippen LogP contribution in [0.5, 0.6) is 0 Å². The van der Waals surface area contributed by atoms with Crippen LogP contribution in [0, 0.1) is 17.7 Å². The Labute approximate surface area is 282 Å². The highest BCUT2D eigenvalue weighted by molar-refractivity contribution is 6.00. The molecule has 1 aliphatic heterocycles. The fraction of sp³-hybridized carbons (Fsp3) is 0.486. The van der Waals surface area contributed by atoms with Crippen LogP contribution in [0.25, 0.3) is 5.69 Å². The Bertz CT molecular complexity index is 1580. The van der Waals surface area contributed by atoms with Crippen molar-refractivity contribution in [2.75, 3.05) is 38.5 Å². The normalized spacial score (nSPS) is 17.7. The smallest absolute Gasteiger partial charge is 0.245 e. The average molecular weight is 659 g/mol. The summed E-state index contributed by atoms with van der Waals surface area (Å²) in [7, 11) is 2.00. The van der Waals surface area contributed by atoms with E-state index in [1.165, 1.54) is 12.1 Å². The summed E-state index contributed by atoms with van der Waals surface area (Å²) in [5.74, 6) is -2.83. The van der Waals surface area contributed by atoms with Gasteiger partial charge in [0.15, 0.2) is 5.78 Å². The number of aromatic nitrogens is 2. The maximum Gasteiger partial charge on any atom is 0.245 e. The Morgan fingerprint density at radius 1 is 0.958 bits per heavy atom. The van der Waals surface area contributed by atoms with E-state index in [9.17, 15) is 19.2 Å². The molecule has 2 aromatic carbocycles. The number of nitrogens with zero attached hydrogens (tertiary/aromatic N) is 4. The highest BCUT2D eigenvalue weighted by atomic mass is 19.1. The Balaban J connectivity index is 1.33. The summed E-state index contributed by atoms with van der Waals surface area (Å²) in [6.07, 6.45) is 6.48. The summed E-state index contributed by atoms with van der Waals surface area (Å²) in [6.45, 7) is 6.11. The molecule has 3 atom stereocenters. The number of Topliss-reactive ketones (excluding diaryl/α,β-unsaturated/α-hetero) is 1. The van der Waals surface area contributed by atoms with Crippen molar-refractivity contribution < 1.29 is 23.6 Å². The van der Waals surface area contributed by atoms with Gasteiger partial charge < -0.3 is 20.4 Å². The maximum absolute atomic E-state index is 15.7. The number of halogens is 1. The molecule has 10 nitrogen and oxygen atoms in total. The first-order chi connectivity index (χ1) is 23.2. The van der Waals surface area contributed by atoms with Crippen LogP contribution >= 0.6 is 0 Å². The molecule has 0 unspecified atom stereocenters. The van der Waals surface area contributed by atoms with Gasteiger partial charge in [0, 0.05) is 50.9 Å².